The number of hydrogen-bond acceptors (Lipinski definition) is 1. The van der Waals surface area contributed by atoms with Gasteiger partial charge >= 0.3 is 0 Å². The van der Waals surface area contributed by atoms with Gasteiger partial charge in [0.1, 0.15) is 23.3 Å². The molecule has 1 nitrogen and oxygen atoms in total. The molecule has 5 heteroatoms. The van der Waals surface area contributed by atoms with Crippen molar-refractivity contribution in [3.05, 3.63) is 70.8 Å². The SMILES string of the molecule is O=C(c1cc(F)cc(F)c1)c1c(F)cccc1F. The Labute approximate surface area is 99.7 Å². The highest BCUT2D eigenvalue weighted by molar-refractivity contribution is 6.09. The highest BCUT2D eigenvalue weighted by Crippen LogP contribution is 2.18. The van der Waals surface area contributed by atoms with E-state index >= 15 is 0 Å². The largest absolute Gasteiger partial charge is 0.288 e. The Kier molecular flexibility index (Phi) is 3.14. The first-order chi connectivity index (χ1) is 8.49. The molecule has 0 unspecified atom stereocenters. The Balaban J connectivity index is 2.55. The van der Waals surface area contributed by atoms with E-state index in [-0.39, 0.29) is 0 Å². The molecule has 0 aliphatic heterocycles. The van der Waals surface area contributed by atoms with Crippen LogP contribution in [0.15, 0.2) is 36.4 Å². The minimum absolute atomic E-state index is 0.448. The number of carbonyl (C=O) groups excluding carboxylic acids is 1. The smallest absolute Gasteiger partial charge is 0.199 e. The number of ketones is 1. The second-order valence-electron chi connectivity index (χ2n) is 3.58. The van der Waals surface area contributed by atoms with Gasteiger partial charge in [-0.2, -0.15) is 0 Å². The molecule has 0 atom stereocenters. The summed E-state index contributed by atoms with van der Waals surface area (Å²) >= 11 is 0. The average molecular weight is 254 g/mol. The van der Waals surface area contributed by atoms with Crippen LogP contribution in [-0.4, -0.2) is 5.78 Å². The van der Waals surface area contributed by atoms with Crippen LogP contribution >= 0.6 is 0 Å². The molecule has 0 heterocycles. The van der Waals surface area contributed by atoms with Gasteiger partial charge in [-0.15, -0.1) is 0 Å². The van der Waals surface area contributed by atoms with Gasteiger partial charge in [0.2, 0.25) is 0 Å². The van der Waals surface area contributed by atoms with Crippen LogP contribution in [0.4, 0.5) is 17.6 Å². The van der Waals surface area contributed by atoms with Crippen LogP contribution in [0, 0.1) is 23.3 Å². The van der Waals surface area contributed by atoms with Crippen LogP contribution in [0.2, 0.25) is 0 Å². The lowest BCUT2D eigenvalue weighted by Gasteiger charge is -2.04. The fourth-order valence-electron chi connectivity index (χ4n) is 1.54. The van der Waals surface area contributed by atoms with E-state index in [1.807, 2.05) is 0 Å². The number of benzene rings is 2. The molecule has 0 saturated heterocycles. The minimum atomic E-state index is -1.11. The van der Waals surface area contributed by atoms with Crippen molar-refractivity contribution in [1.29, 1.82) is 0 Å². The summed E-state index contributed by atoms with van der Waals surface area (Å²) in [5.74, 6) is -5.25. The zero-order valence-electron chi connectivity index (χ0n) is 8.88. The van der Waals surface area contributed by atoms with E-state index < -0.39 is 40.2 Å². The van der Waals surface area contributed by atoms with E-state index in [0.717, 1.165) is 30.3 Å². The number of rotatable bonds is 2. The Morgan fingerprint density at radius 1 is 0.833 bits per heavy atom. The molecule has 0 saturated carbocycles. The molecule has 2 aromatic carbocycles. The van der Waals surface area contributed by atoms with Crippen molar-refractivity contribution in [2.24, 2.45) is 0 Å². The summed E-state index contributed by atoms with van der Waals surface area (Å²) in [5, 5.41) is 0. The fraction of sp³-hybridized carbons (Fsp3) is 0. The van der Waals surface area contributed by atoms with Gasteiger partial charge in [-0.05, 0) is 24.3 Å². The van der Waals surface area contributed by atoms with E-state index in [2.05, 4.69) is 0 Å². The second kappa shape index (κ2) is 4.60. The molecule has 0 aromatic heterocycles. The van der Waals surface area contributed by atoms with Gasteiger partial charge in [-0.3, -0.25) is 4.79 Å². The highest BCUT2D eigenvalue weighted by atomic mass is 19.1. The maximum Gasteiger partial charge on any atom is 0.199 e. The third-order valence-electron chi connectivity index (χ3n) is 2.31. The van der Waals surface area contributed by atoms with E-state index in [1.54, 1.807) is 0 Å². The zero-order valence-corrected chi connectivity index (χ0v) is 8.88. The summed E-state index contributed by atoms with van der Waals surface area (Å²) in [7, 11) is 0. The molecule has 0 fully saturated rings. The van der Waals surface area contributed by atoms with Crippen LogP contribution < -0.4 is 0 Å². The maximum absolute atomic E-state index is 13.3. The predicted molar refractivity (Wildman–Crippen MR) is 56.1 cm³/mol. The summed E-state index contributed by atoms with van der Waals surface area (Å²) in [5.41, 5.74) is -1.28. The van der Waals surface area contributed by atoms with E-state index in [9.17, 15) is 22.4 Å². The zero-order chi connectivity index (χ0) is 13.3. The maximum atomic E-state index is 13.3. The summed E-state index contributed by atoms with van der Waals surface area (Å²) in [4.78, 5) is 11.8. The fourth-order valence-corrected chi connectivity index (χ4v) is 1.54. The van der Waals surface area contributed by atoms with Crippen molar-refractivity contribution in [1.82, 2.24) is 0 Å². The van der Waals surface area contributed by atoms with Crippen LogP contribution in [0.5, 0.6) is 0 Å². The summed E-state index contributed by atoms with van der Waals surface area (Å²) < 4.78 is 52.5. The minimum Gasteiger partial charge on any atom is -0.288 e. The molecule has 0 aliphatic rings. The van der Waals surface area contributed by atoms with Crippen molar-refractivity contribution < 1.29 is 22.4 Å². The molecule has 0 bridgehead atoms. The molecule has 92 valence electrons. The molecule has 0 amide bonds. The Morgan fingerprint density at radius 3 is 1.83 bits per heavy atom. The van der Waals surface area contributed by atoms with E-state index in [0.29, 0.717) is 6.07 Å². The number of carbonyl (C=O) groups is 1. The van der Waals surface area contributed by atoms with Gasteiger partial charge in [0.25, 0.3) is 0 Å². The van der Waals surface area contributed by atoms with Gasteiger partial charge in [0.15, 0.2) is 5.78 Å². The molecular weight excluding hydrogens is 248 g/mol. The Morgan fingerprint density at radius 2 is 1.33 bits per heavy atom. The second-order valence-corrected chi connectivity index (χ2v) is 3.58. The first kappa shape index (κ1) is 12.3. The van der Waals surface area contributed by atoms with Crippen molar-refractivity contribution in [2.75, 3.05) is 0 Å². The van der Waals surface area contributed by atoms with E-state index in [1.165, 1.54) is 0 Å². The standard InChI is InChI=1S/C13H6F4O/c14-8-4-7(5-9(15)6-8)13(18)12-10(16)2-1-3-11(12)17/h1-6H. The third-order valence-corrected chi connectivity index (χ3v) is 2.31. The molecule has 2 rings (SSSR count). The van der Waals surface area contributed by atoms with E-state index in [4.69, 9.17) is 0 Å². The summed E-state index contributed by atoms with van der Waals surface area (Å²) in [6.07, 6.45) is 0. The molecular formula is C13H6F4O. The van der Waals surface area contributed by atoms with Crippen molar-refractivity contribution in [3.8, 4) is 0 Å². The lowest BCUT2D eigenvalue weighted by Crippen LogP contribution is -2.08. The lowest BCUT2D eigenvalue weighted by molar-refractivity contribution is 0.103. The summed E-state index contributed by atoms with van der Waals surface area (Å²) in [6, 6.07) is 4.88. The van der Waals surface area contributed by atoms with Crippen LogP contribution in [0.25, 0.3) is 0 Å². The number of halogens is 4. The Bertz CT molecular complexity index is 582. The van der Waals surface area contributed by atoms with Gasteiger partial charge in [-0.25, -0.2) is 17.6 Å². The van der Waals surface area contributed by atoms with Crippen LogP contribution in [0.3, 0.4) is 0 Å². The van der Waals surface area contributed by atoms with Crippen LogP contribution in [-0.2, 0) is 0 Å². The average Bonchev–Trinajstić information content (AvgIpc) is 2.27. The van der Waals surface area contributed by atoms with Gasteiger partial charge in [0, 0.05) is 11.6 Å². The predicted octanol–water partition coefficient (Wildman–Crippen LogP) is 3.47. The third kappa shape index (κ3) is 2.25. The molecule has 18 heavy (non-hydrogen) atoms. The normalized spacial score (nSPS) is 10.4. The number of hydrogen-bond donors (Lipinski definition) is 0. The molecule has 2 aromatic rings. The molecule has 0 spiro atoms. The molecule has 0 N–H and O–H groups in total. The van der Waals surface area contributed by atoms with Crippen molar-refractivity contribution in [3.63, 3.8) is 0 Å². The first-order valence-corrected chi connectivity index (χ1v) is 4.94. The highest BCUT2D eigenvalue weighted by Gasteiger charge is 2.19. The van der Waals surface area contributed by atoms with Crippen molar-refractivity contribution in [2.45, 2.75) is 0 Å². The van der Waals surface area contributed by atoms with Crippen LogP contribution in [0.1, 0.15) is 15.9 Å². The topological polar surface area (TPSA) is 17.1 Å². The quantitative estimate of drug-likeness (QED) is 0.592. The molecule has 0 radical (unpaired) electrons. The summed E-state index contributed by atoms with van der Waals surface area (Å²) in [6.45, 7) is 0. The molecule has 0 aliphatic carbocycles. The van der Waals surface area contributed by atoms with Gasteiger partial charge in [-0.1, -0.05) is 6.07 Å². The van der Waals surface area contributed by atoms with Crippen molar-refractivity contribution >= 4 is 5.78 Å². The first-order valence-electron chi connectivity index (χ1n) is 4.94. The van der Waals surface area contributed by atoms with Gasteiger partial charge < -0.3 is 0 Å². The monoisotopic (exact) mass is 254 g/mol. The lowest BCUT2D eigenvalue weighted by atomic mass is 10.0. The van der Waals surface area contributed by atoms with Gasteiger partial charge in [0.05, 0.1) is 5.56 Å². The Hall–Kier alpha value is -2.17.